The Labute approximate surface area is 142 Å². The van der Waals surface area contributed by atoms with E-state index in [0.29, 0.717) is 11.7 Å². The summed E-state index contributed by atoms with van der Waals surface area (Å²) in [5.41, 5.74) is 3.79. The van der Waals surface area contributed by atoms with Crippen LogP contribution in [0, 0.1) is 0 Å². The molecule has 0 bridgehead atoms. The molecule has 0 aliphatic heterocycles. The van der Waals surface area contributed by atoms with E-state index >= 15 is 0 Å². The van der Waals surface area contributed by atoms with Crippen molar-refractivity contribution in [3.05, 3.63) is 46.9 Å². The van der Waals surface area contributed by atoms with E-state index in [2.05, 4.69) is 32.5 Å². The van der Waals surface area contributed by atoms with Crippen LogP contribution in [-0.4, -0.2) is 24.9 Å². The summed E-state index contributed by atoms with van der Waals surface area (Å²) in [6.45, 7) is 2.11. The third-order valence-electron chi connectivity index (χ3n) is 3.76. The molecule has 3 aromatic heterocycles. The van der Waals surface area contributed by atoms with Crippen LogP contribution in [0.2, 0.25) is 0 Å². The summed E-state index contributed by atoms with van der Waals surface area (Å²) in [6.07, 6.45) is 2.66. The van der Waals surface area contributed by atoms with Crippen molar-refractivity contribution in [2.45, 2.75) is 13.3 Å². The fraction of sp³-hybridized carbons (Fsp3) is 0.176. The second-order valence-electron chi connectivity index (χ2n) is 5.32. The summed E-state index contributed by atoms with van der Waals surface area (Å²) < 4.78 is 7.05. The van der Waals surface area contributed by atoms with Crippen molar-refractivity contribution in [1.29, 1.82) is 0 Å². The first kappa shape index (κ1) is 14.8. The first-order valence-corrected chi connectivity index (χ1v) is 8.50. The van der Waals surface area contributed by atoms with E-state index in [0.717, 1.165) is 33.9 Å². The van der Waals surface area contributed by atoms with Crippen LogP contribution in [0.1, 0.15) is 11.9 Å². The molecule has 4 aromatic rings. The van der Waals surface area contributed by atoms with Gasteiger partial charge in [-0.1, -0.05) is 36.3 Å². The van der Waals surface area contributed by atoms with Gasteiger partial charge in [0.15, 0.2) is 0 Å². The number of hydrogen-bond acceptors (Lipinski definition) is 6. The predicted octanol–water partition coefficient (Wildman–Crippen LogP) is 3.82. The highest BCUT2D eigenvalue weighted by molar-refractivity contribution is 7.09. The molecule has 0 spiro atoms. The molecule has 24 heavy (non-hydrogen) atoms. The molecule has 3 heterocycles. The number of hydrogen-bond donors (Lipinski definition) is 0. The second-order valence-corrected chi connectivity index (χ2v) is 6.26. The molecule has 1 aromatic carbocycles. The Morgan fingerprint density at radius 3 is 2.54 bits per heavy atom. The molecule has 120 valence electrons. The first-order chi connectivity index (χ1) is 11.7. The summed E-state index contributed by atoms with van der Waals surface area (Å²) in [7, 11) is 1.84. The largest absolute Gasteiger partial charge is 0.332 e. The smallest absolute Gasteiger partial charge is 0.276 e. The van der Waals surface area contributed by atoms with Crippen molar-refractivity contribution in [2.24, 2.45) is 7.05 Å². The number of nitrogens with zero attached hydrogens (tertiary/aromatic N) is 5. The first-order valence-electron chi connectivity index (χ1n) is 7.62. The standard InChI is InChI=1S/C17H15N5OS/c1-3-15-19-13(10-24-15)11-4-6-12(7-5-11)16-20-17(23-21-16)14-8-9-18-22(14)2/h4-10H,3H2,1-2H3. The van der Waals surface area contributed by atoms with Gasteiger partial charge in [-0.15, -0.1) is 11.3 Å². The van der Waals surface area contributed by atoms with Crippen LogP contribution in [0.15, 0.2) is 46.4 Å². The minimum absolute atomic E-state index is 0.459. The number of aromatic nitrogens is 5. The molecule has 0 N–H and O–H groups in total. The number of benzene rings is 1. The van der Waals surface area contributed by atoms with Gasteiger partial charge in [-0.05, 0) is 12.5 Å². The molecular formula is C17H15N5OS. The Balaban J connectivity index is 1.61. The molecule has 0 saturated heterocycles. The summed E-state index contributed by atoms with van der Waals surface area (Å²) >= 11 is 1.69. The van der Waals surface area contributed by atoms with Gasteiger partial charge in [-0.2, -0.15) is 10.1 Å². The summed E-state index contributed by atoms with van der Waals surface area (Å²) in [5.74, 6) is 1.02. The van der Waals surface area contributed by atoms with E-state index in [1.54, 1.807) is 22.2 Å². The van der Waals surface area contributed by atoms with Gasteiger partial charge in [0.2, 0.25) is 5.82 Å². The van der Waals surface area contributed by atoms with Gasteiger partial charge in [-0.25, -0.2) is 4.98 Å². The lowest BCUT2D eigenvalue weighted by Gasteiger charge is -1.98. The summed E-state index contributed by atoms with van der Waals surface area (Å²) in [6, 6.07) is 9.87. The highest BCUT2D eigenvalue weighted by Gasteiger charge is 2.13. The van der Waals surface area contributed by atoms with Crippen LogP contribution in [0.5, 0.6) is 0 Å². The monoisotopic (exact) mass is 337 g/mol. The molecule has 0 aliphatic carbocycles. The zero-order chi connectivity index (χ0) is 16.5. The predicted molar refractivity (Wildman–Crippen MR) is 92.4 cm³/mol. The van der Waals surface area contributed by atoms with Gasteiger partial charge in [0, 0.05) is 29.8 Å². The minimum atomic E-state index is 0.459. The van der Waals surface area contributed by atoms with E-state index in [1.165, 1.54) is 0 Å². The van der Waals surface area contributed by atoms with Crippen LogP contribution in [-0.2, 0) is 13.5 Å². The van der Waals surface area contributed by atoms with Crippen molar-refractivity contribution >= 4 is 11.3 Å². The maximum atomic E-state index is 5.34. The zero-order valence-electron chi connectivity index (χ0n) is 13.3. The maximum Gasteiger partial charge on any atom is 0.276 e. The van der Waals surface area contributed by atoms with Gasteiger partial charge in [0.1, 0.15) is 5.69 Å². The highest BCUT2D eigenvalue weighted by atomic mass is 32.1. The molecule has 6 nitrogen and oxygen atoms in total. The van der Waals surface area contributed by atoms with Gasteiger partial charge >= 0.3 is 0 Å². The third kappa shape index (κ3) is 2.63. The average Bonchev–Trinajstić information content (AvgIpc) is 3.35. The Hall–Kier alpha value is -2.80. The fourth-order valence-corrected chi connectivity index (χ4v) is 3.18. The zero-order valence-corrected chi connectivity index (χ0v) is 14.1. The van der Waals surface area contributed by atoms with E-state index in [-0.39, 0.29) is 0 Å². The van der Waals surface area contributed by atoms with Gasteiger partial charge in [-0.3, -0.25) is 4.68 Å². The maximum absolute atomic E-state index is 5.34. The van der Waals surface area contributed by atoms with Crippen LogP contribution in [0.25, 0.3) is 34.2 Å². The average molecular weight is 337 g/mol. The van der Waals surface area contributed by atoms with Crippen molar-refractivity contribution in [3.63, 3.8) is 0 Å². The number of thiazole rings is 1. The van der Waals surface area contributed by atoms with Crippen molar-refractivity contribution in [3.8, 4) is 34.2 Å². The lowest BCUT2D eigenvalue weighted by molar-refractivity contribution is 0.428. The van der Waals surface area contributed by atoms with E-state index < -0.39 is 0 Å². The molecular weight excluding hydrogens is 322 g/mol. The lowest BCUT2D eigenvalue weighted by Crippen LogP contribution is -1.93. The normalized spacial score (nSPS) is 11.1. The fourth-order valence-electron chi connectivity index (χ4n) is 2.42. The quantitative estimate of drug-likeness (QED) is 0.566. The van der Waals surface area contributed by atoms with Crippen molar-refractivity contribution in [2.75, 3.05) is 0 Å². The Kier molecular flexibility index (Phi) is 3.70. The number of rotatable bonds is 4. The van der Waals surface area contributed by atoms with Crippen molar-refractivity contribution in [1.82, 2.24) is 24.9 Å². The summed E-state index contributed by atoms with van der Waals surface area (Å²) in [5, 5.41) is 11.4. The molecule has 0 radical (unpaired) electrons. The van der Waals surface area contributed by atoms with Crippen LogP contribution >= 0.6 is 11.3 Å². The molecule has 0 fully saturated rings. The Morgan fingerprint density at radius 2 is 1.88 bits per heavy atom. The molecule has 0 unspecified atom stereocenters. The molecule has 7 heteroatoms. The summed E-state index contributed by atoms with van der Waals surface area (Å²) in [4.78, 5) is 9.06. The van der Waals surface area contributed by atoms with Crippen molar-refractivity contribution < 1.29 is 4.52 Å². The van der Waals surface area contributed by atoms with Crippen LogP contribution in [0.3, 0.4) is 0 Å². The van der Waals surface area contributed by atoms with E-state index in [4.69, 9.17) is 4.52 Å². The van der Waals surface area contributed by atoms with Crippen LogP contribution in [0.4, 0.5) is 0 Å². The van der Waals surface area contributed by atoms with Crippen LogP contribution < -0.4 is 0 Å². The molecule has 4 rings (SSSR count). The third-order valence-corrected chi connectivity index (χ3v) is 4.75. The SMILES string of the molecule is CCc1nc(-c2ccc(-c3noc(-c4ccnn4C)n3)cc2)cs1. The number of aryl methyl sites for hydroxylation is 2. The molecule has 0 saturated carbocycles. The molecule has 0 aliphatic rings. The molecule has 0 amide bonds. The van der Waals surface area contributed by atoms with E-state index in [9.17, 15) is 0 Å². The topological polar surface area (TPSA) is 69.6 Å². The minimum Gasteiger partial charge on any atom is -0.332 e. The lowest BCUT2D eigenvalue weighted by atomic mass is 10.1. The van der Waals surface area contributed by atoms with Gasteiger partial charge in [0.25, 0.3) is 5.89 Å². The van der Waals surface area contributed by atoms with Gasteiger partial charge in [0.05, 0.1) is 10.7 Å². The highest BCUT2D eigenvalue weighted by Crippen LogP contribution is 2.26. The van der Waals surface area contributed by atoms with E-state index in [1.807, 2.05) is 37.4 Å². The molecule has 0 atom stereocenters. The Morgan fingerprint density at radius 1 is 1.08 bits per heavy atom. The van der Waals surface area contributed by atoms with Gasteiger partial charge < -0.3 is 4.52 Å². The Bertz CT molecular complexity index is 967. The second kappa shape index (κ2) is 6.01.